The lowest BCUT2D eigenvalue weighted by molar-refractivity contribution is 0.0110. The third-order valence-electron chi connectivity index (χ3n) is 4.95. The first-order valence-electron chi connectivity index (χ1n) is 9.39. The molecule has 1 amide bonds. The first kappa shape index (κ1) is 18.5. The van der Waals surface area contributed by atoms with E-state index in [9.17, 15) is 4.79 Å². The second kappa shape index (κ2) is 6.95. The molecule has 3 heterocycles. The maximum absolute atomic E-state index is 12.8. The van der Waals surface area contributed by atoms with E-state index >= 15 is 0 Å². The molecule has 2 aromatic rings. The molecular weight excluding hydrogens is 408 g/mol. The van der Waals surface area contributed by atoms with Gasteiger partial charge in [0.2, 0.25) is 0 Å². The van der Waals surface area contributed by atoms with Gasteiger partial charge >= 0.3 is 6.09 Å². The molecule has 1 atom stereocenters. The summed E-state index contributed by atoms with van der Waals surface area (Å²) in [5, 5.41) is 3.45. The second-order valence-corrected chi connectivity index (χ2v) is 8.99. The Morgan fingerprint density at radius 3 is 2.70 bits per heavy atom. The molecule has 0 saturated heterocycles. The van der Waals surface area contributed by atoms with Crippen molar-refractivity contribution in [2.45, 2.75) is 45.4 Å². The largest absolute Gasteiger partial charge is 0.444 e. The Labute approximate surface area is 168 Å². The average Bonchev–Trinajstić information content (AvgIpc) is 2.83. The van der Waals surface area contributed by atoms with Crippen LogP contribution in [0.1, 0.15) is 38.2 Å². The zero-order chi connectivity index (χ0) is 19.2. The third kappa shape index (κ3) is 3.62. The van der Waals surface area contributed by atoms with Crippen LogP contribution in [0.4, 0.5) is 4.79 Å². The molecule has 0 fully saturated rings. The van der Waals surface area contributed by atoms with Gasteiger partial charge in [0.15, 0.2) is 0 Å². The highest BCUT2D eigenvalue weighted by molar-refractivity contribution is 9.10. The summed E-state index contributed by atoms with van der Waals surface area (Å²) in [6.07, 6.45) is 0.615. The van der Waals surface area contributed by atoms with Gasteiger partial charge in [-0.2, -0.15) is 0 Å². The molecule has 2 aliphatic heterocycles. The van der Waals surface area contributed by atoms with Crippen LogP contribution in [0.3, 0.4) is 0 Å². The fourth-order valence-electron chi connectivity index (χ4n) is 3.82. The second-order valence-electron chi connectivity index (χ2n) is 8.07. The Morgan fingerprint density at radius 1 is 1.26 bits per heavy atom. The molecule has 2 aliphatic rings. The maximum Gasteiger partial charge on any atom is 0.410 e. The maximum atomic E-state index is 12.8. The minimum absolute atomic E-state index is 0.0530. The molecule has 7 heteroatoms. The van der Waals surface area contributed by atoms with Gasteiger partial charge in [0.1, 0.15) is 11.4 Å². The van der Waals surface area contributed by atoms with E-state index in [-0.39, 0.29) is 12.1 Å². The summed E-state index contributed by atoms with van der Waals surface area (Å²) in [4.78, 5) is 19.6. The normalized spacial score (nSPS) is 19.4. The monoisotopic (exact) mass is 432 g/mol. The van der Waals surface area contributed by atoms with Crippen LogP contribution in [0.2, 0.25) is 0 Å². The summed E-state index contributed by atoms with van der Waals surface area (Å²) in [6.45, 7) is 8.64. The van der Waals surface area contributed by atoms with E-state index in [1.165, 1.54) is 0 Å². The highest BCUT2D eigenvalue weighted by Crippen LogP contribution is 2.35. The van der Waals surface area contributed by atoms with Crippen molar-refractivity contribution < 1.29 is 9.53 Å². The number of carbonyl (C=O) groups excluding carboxylic acids is 1. The van der Waals surface area contributed by atoms with Gasteiger partial charge in [-0.1, -0.05) is 28.1 Å². The molecule has 0 aliphatic carbocycles. The number of benzene rings is 1. The van der Waals surface area contributed by atoms with Crippen LogP contribution in [0.25, 0.3) is 11.4 Å². The molecule has 27 heavy (non-hydrogen) atoms. The number of amides is 1. The summed E-state index contributed by atoms with van der Waals surface area (Å²) in [5.74, 6) is 0.989. The number of hydrogen-bond donors (Lipinski definition) is 1. The fraction of sp³-hybridized carbons (Fsp3) is 0.500. The number of ether oxygens (including phenoxy) is 1. The zero-order valence-corrected chi connectivity index (χ0v) is 17.5. The van der Waals surface area contributed by atoms with Gasteiger partial charge in [0.05, 0.1) is 17.4 Å². The van der Waals surface area contributed by atoms with Crippen molar-refractivity contribution in [3.05, 3.63) is 40.1 Å². The molecule has 144 valence electrons. The van der Waals surface area contributed by atoms with Crippen molar-refractivity contribution in [1.82, 2.24) is 19.8 Å². The highest BCUT2D eigenvalue weighted by Gasteiger charge is 2.38. The molecule has 0 saturated carbocycles. The Balaban J connectivity index is 1.73. The minimum Gasteiger partial charge on any atom is -0.444 e. The quantitative estimate of drug-likeness (QED) is 0.745. The van der Waals surface area contributed by atoms with Crippen LogP contribution in [-0.4, -0.2) is 45.8 Å². The fourth-order valence-corrected chi connectivity index (χ4v) is 4.08. The standard InChI is InChI=1S/C20H25BrN4O2/c1-20(2,3)27-19(26)24-10-11-25-17-15(8-9-22-12-16(17)24)23-18(25)13-4-6-14(21)7-5-13/h4-7,16,22H,8-12H2,1-3H3. The Bertz CT molecular complexity index is 854. The number of carbonyl (C=O) groups is 1. The Morgan fingerprint density at radius 2 is 2.00 bits per heavy atom. The molecule has 0 bridgehead atoms. The number of aromatic nitrogens is 2. The van der Waals surface area contributed by atoms with Gasteiger partial charge in [-0.25, -0.2) is 9.78 Å². The highest BCUT2D eigenvalue weighted by atomic mass is 79.9. The van der Waals surface area contributed by atoms with Crippen molar-refractivity contribution in [2.24, 2.45) is 0 Å². The molecule has 6 nitrogen and oxygen atoms in total. The van der Waals surface area contributed by atoms with E-state index in [1.807, 2.05) is 37.8 Å². The molecule has 1 N–H and O–H groups in total. The molecular formula is C20H25BrN4O2. The lowest BCUT2D eigenvalue weighted by atomic mass is 10.1. The zero-order valence-electron chi connectivity index (χ0n) is 16.0. The van der Waals surface area contributed by atoms with Crippen molar-refractivity contribution in [1.29, 1.82) is 0 Å². The van der Waals surface area contributed by atoms with Gasteiger partial charge in [0.25, 0.3) is 0 Å². The van der Waals surface area contributed by atoms with Gasteiger partial charge in [0, 0.05) is 42.6 Å². The SMILES string of the molecule is CC(C)(C)OC(=O)N1CCn2c(-c3ccc(Br)cc3)nc3c2C1CNCC3. The summed E-state index contributed by atoms with van der Waals surface area (Å²) in [6, 6.07) is 8.20. The Kier molecular flexibility index (Phi) is 4.76. The topological polar surface area (TPSA) is 59.4 Å². The molecule has 0 radical (unpaired) electrons. The van der Waals surface area contributed by atoms with Crippen LogP contribution >= 0.6 is 15.9 Å². The molecule has 0 spiro atoms. The van der Waals surface area contributed by atoms with Crippen LogP contribution in [0, 0.1) is 0 Å². The van der Waals surface area contributed by atoms with Crippen LogP contribution in [-0.2, 0) is 17.7 Å². The van der Waals surface area contributed by atoms with Crippen LogP contribution in [0.5, 0.6) is 0 Å². The van der Waals surface area contributed by atoms with Gasteiger partial charge in [-0.05, 0) is 32.9 Å². The van der Waals surface area contributed by atoms with E-state index in [1.54, 1.807) is 0 Å². The minimum atomic E-state index is -0.502. The predicted molar refractivity (Wildman–Crippen MR) is 108 cm³/mol. The van der Waals surface area contributed by atoms with E-state index in [0.29, 0.717) is 6.54 Å². The number of rotatable bonds is 1. The molecule has 1 aromatic heterocycles. The summed E-state index contributed by atoms with van der Waals surface area (Å²) < 4.78 is 9.00. The Hall–Kier alpha value is -1.86. The van der Waals surface area contributed by atoms with E-state index in [2.05, 4.69) is 37.9 Å². The molecule has 1 aromatic carbocycles. The predicted octanol–water partition coefficient (Wildman–Crippen LogP) is 3.75. The van der Waals surface area contributed by atoms with Gasteiger partial charge in [-0.15, -0.1) is 0 Å². The third-order valence-corrected chi connectivity index (χ3v) is 5.47. The number of hydrogen-bond acceptors (Lipinski definition) is 4. The average molecular weight is 433 g/mol. The summed E-state index contributed by atoms with van der Waals surface area (Å²) in [5.41, 5.74) is 2.83. The van der Waals surface area contributed by atoms with E-state index in [4.69, 9.17) is 9.72 Å². The summed E-state index contributed by atoms with van der Waals surface area (Å²) in [7, 11) is 0. The smallest absolute Gasteiger partial charge is 0.410 e. The summed E-state index contributed by atoms with van der Waals surface area (Å²) >= 11 is 3.50. The molecule has 1 unspecified atom stereocenters. The number of nitrogens with one attached hydrogen (secondary N) is 1. The van der Waals surface area contributed by atoms with Crippen molar-refractivity contribution in [3.63, 3.8) is 0 Å². The number of imidazole rings is 1. The van der Waals surface area contributed by atoms with Crippen molar-refractivity contribution in [3.8, 4) is 11.4 Å². The first-order valence-corrected chi connectivity index (χ1v) is 10.2. The number of halogens is 1. The first-order chi connectivity index (χ1) is 12.8. The lowest BCUT2D eigenvalue weighted by Crippen LogP contribution is -2.47. The van der Waals surface area contributed by atoms with E-state index < -0.39 is 5.60 Å². The lowest BCUT2D eigenvalue weighted by Gasteiger charge is -2.37. The van der Waals surface area contributed by atoms with Gasteiger partial charge < -0.3 is 14.6 Å². The molecule has 4 rings (SSSR count). The van der Waals surface area contributed by atoms with Crippen LogP contribution in [0.15, 0.2) is 28.7 Å². The van der Waals surface area contributed by atoms with Crippen LogP contribution < -0.4 is 5.32 Å². The van der Waals surface area contributed by atoms with Crippen molar-refractivity contribution in [2.75, 3.05) is 19.6 Å². The van der Waals surface area contributed by atoms with Gasteiger partial charge in [-0.3, -0.25) is 4.90 Å². The van der Waals surface area contributed by atoms with E-state index in [0.717, 1.165) is 53.3 Å². The number of nitrogens with zero attached hydrogens (tertiary/aromatic N) is 3. The van der Waals surface area contributed by atoms with Crippen molar-refractivity contribution >= 4 is 22.0 Å².